The molecule has 2 aromatic carbocycles. The van der Waals surface area contributed by atoms with Crippen molar-refractivity contribution in [1.29, 1.82) is 0 Å². The van der Waals surface area contributed by atoms with Crippen LogP contribution in [-0.4, -0.2) is 33.1 Å². The van der Waals surface area contributed by atoms with Gasteiger partial charge in [0, 0.05) is 42.3 Å². The summed E-state index contributed by atoms with van der Waals surface area (Å²) in [5, 5.41) is 4.07. The summed E-state index contributed by atoms with van der Waals surface area (Å²) >= 11 is 0. The number of ether oxygens (including phenoxy) is 1. The highest BCUT2D eigenvalue weighted by molar-refractivity contribution is 5.98. The van der Waals surface area contributed by atoms with Gasteiger partial charge in [0.2, 0.25) is 0 Å². The summed E-state index contributed by atoms with van der Waals surface area (Å²) in [6.07, 6.45) is 5.76. The number of hydrogen-bond acceptors (Lipinski definition) is 4. The number of rotatable bonds is 4. The van der Waals surface area contributed by atoms with Crippen LogP contribution in [0.15, 0.2) is 67.1 Å². The number of nitrogens with zero attached hydrogens (tertiary/aromatic N) is 3. The first-order valence-corrected chi connectivity index (χ1v) is 9.57. The molecule has 0 spiro atoms. The molecule has 0 radical (unpaired) electrons. The highest BCUT2D eigenvalue weighted by Crippen LogP contribution is 2.32. The van der Waals surface area contributed by atoms with Gasteiger partial charge in [-0.1, -0.05) is 18.2 Å². The van der Waals surface area contributed by atoms with E-state index in [4.69, 9.17) is 4.74 Å². The largest absolute Gasteiger partial charge is 0.488 e. The summed E-state index contributed by atoms with van der Waals surface area (Å²) in [4.78, 5) is 21.2. The molecule has 1 atom stereocenters. The second-order valence-corrected chi connectivity index (χ2v) is 7.21. The maximum Gasteiger partial charge on any atom is 0.268 e. The molecule has 1 aliphatic heterocycles. The van der Waals surface area contributed by atoms with Crippen molar-refractivity contribution < 1.29 is 9.53 Å². The molecule has 0 fully saturated rings. The number of aromatic nitrogens is 3. The first kappa shape index (κ1) is 17.4. The van der Waals surface area contributed by atoms with Gasteiger partial charge in [-0.2, -0.15) is 0 Å². The van der Waals surface area contributed by atoms with E-state index in [-0.39, 0.29) is 12.0 Å². The molecular formula is C23H20N4O2. The molecule has 1 amide bonds. The van der Waals surface area contributed by atoms with Gasteiger partial charge in [-0.3, -0.25) is 14.8 Å². The minimum Gasteiger partial charge on any atom is -0.488 e. The third-order valence-corrected chi connectivity index (χ3v) is 5.34. The minimum absolute atomic E-state index is 0.0826. The monoisotopic (exact) mass is 384 g/mol. The molecule has 3 heterocycles. The molecule has 29 heavy (non-hydrogen) atoms. The fourth-order valence-corrected chi connectivity index (χ4v) is 3.85. The molecule has 2 aromatic heterocycles. The summed E-state index contributed by atoms with van der Waals surface area (Å²) < 4.78 is 7.93. The number of carbonyl (C=O) groups is 1. The molecule has 6 nitrogen and oxygen atoms in total. The van der Waals surface area contributed by atoms with E-state index >= 15 is 0 Å². The molecule has 0 saturated heterocycles. The number of benzene rings is 2. The van der Waals surface area contributed by atoms with Crippen molar-refractivity contribution in [1.82, 2.24) is 19.9 Å². The van der Waals surface area contributed by atoms with Gasteiger partial charge in [0.25, 0.3) is 5.91 Å². The lowest BCUT2D eigenvalue weighted by Crippen LogP contribution is -2.35. The van der Waals surface area contributed by atoms with Crippen molar-refractivity contribution in [2.45, 2.75) is 12.5 Å². The van der Waals surface area contributed by atoms with Gasteiger partial charge in [0.1, 0.15) is 17.5 Å². The number of aryl methyl sites for hydroxylation is 1. The molecule has 1 N–H and O–H groups in total. The van der Waals surface area contributed by atoms with Crippen molar-refractivity contribution in [3.8, 4) is 17.0 Å². The smallest absolute Gasteiger partial charge is 0.268 e. The number of fused-ring (bicyclic) bond motifs is 2. The van der Waals surface area contributed by atoms with E-state index in [1.807, 2.05) is 54.1 Å². The molecular weight excluding hydrogens is 364 g/mol. The molecule has 0 saturated carbocycles. The Hall–Kier alpha value is -3.67. The highest BCUT2D eigenvalue weighted by atomic mass is 16.5. The lowest BCUT2D eigenvalue weighted by atomic mass is 10.0. The van der Waals surface area contributed by atoms with Crippen molar-refractivity contribution in [3.63, 3.8) is 0 Å². The Bertz CT molecular complexity index is 1200. The molecule has 144 valence electrons. The topological polar surface area (TPSA) is 69.0 Å². The molecule has 4 aromatic rings. The van der Waals surface area contributed by atoms with E-state index in [0.29, 0.717) is 12.2 Å². The number of hydrogen-bond donors (Lipinski definition) is 1. The highest BCUT2D eigenvalue weighted by Gasteiger charge is 2.24. The third-order valence-electron chi connectivity index (χ3n) is 5.34. The Morgan fingerprint density at radius 1 is 1.21 bits per heavy atom. The Morgan fingerprint density at radius 3 is 2.93 bits per heavy atom. The molecule has 0 aliphatic carbocycles. The van der Waals surface area contributed by atoms with E-state index in [1.54, 1.807) is 18.6 Å². The summed E-state index contributed by atoms with van der Waals surface area (Å²) in [5.74, 6) is 0.769. The zero-order valence-electron chi connectivity index (χ0n) is 16.0. The standard InChI is InChI=1S/C23H20N4O2/c1-27-20-5-3-2-4-16(20)12-21(27)23(28)26-13-18-11-17-10-15(6-7-22(17)29-18)19-14-24-8-9-25-19/h2-10,12,14,18H,11,13H2,1H3,(H,26,28). The number of nitrogens with one attached hydrogen (secondary N) is 1. The molecule has 5 rings (SSSR count). The minimum atomic E-state index is -0.0940. The summed E-state index contributed by atoms with van der Waals surface area (Å²) in [5.41, 5.74) is 4.66. The van der Waals surface area contributed by atoms with Crippen LogP contribution in [0.2, 0.25) is 0 Å². The van der Waals surface area contributed by atoms with Gasteiger partial charge in [-0.25, -0.2) is 0 Å². The van der Waals surface area contributed by atoms with Crippen LogP contribution in [0.4, 0.5) is 0 Å². The molecule has 1 aliphatic rings. The SMILES string of the molecule is Cn1c(C(=O)NCC2Cc3cc(-c4cnccn4)ccc3O2)cc2ccccc21. The fourth-order valence-electron chi connectivity index (χ4n) is 3.85. The van der Waals surface area contributed by atoms with Crippen LogP contribution in [0.25, 0.3) is 22.2 Å². The average Bonchev–Trinajstić information content (AvgIpc) is 3.33. The maximum atomic E-state index is 12.7. The van der Waals surface area contributed by atoms with Crippen LogP contribution >= 0.6 is 0 Å². The van der Waals surface area contributed by atoms with Crippen LogP contribution in [0.5, 0.6) is 5.75 Å². The van der Waals surface area contributed by atoms with Crippen molar-refractivity contribution in [3.05, 3.63) is 78.4 Å². The van der Waals surface area contributed by atoms with Gasteiger partial charge in [0.15, 0.2) is 0 Å². The van der Waals surface area contributed by atoms with Crippen molar-refractivity contribution in [2.24, 2.45) is 7.05 Å². The van der Waals surface area contributed by atoms with Crippen LogP contribution in [0, 0.1) is 0 Å². The van der Waals surface area contributed by atoms with E-state index in [9.17, 15) is 4.79 Å². The van der Waals surface area contributed by atoms with Gasteiger partial charge < -0.3 is 14.6 Å². The normalized spacial score (nSPS) is 15.1. The Balaban J connectivity index is 1.27. The van der Waals surface area contributed by atoms with E-state index in [0.717, 1.165) is 39.9 Å². The zero-order valence-corrected chi connectivity index (χ0v) is 16.0. The van der Waals surface area contributed by atoms with Gasteiger partial charge in [-0.05, 0) is 35.9 Å². The number of carbonyl (C=O) groups excluding carboxylic acids is 1. The first-order valence-electron chi connectivity index (χ1n) is 9.57. The number of amides is 1. The third kappa shape index (κ3) is 3.23. The fraction of sp³-hybridized carbons (Fsp3) is 0.174. The first-order chi connectivity index (χ1) is 14.2. The Labute approximate surface area is 168 Å². The van der Waals surface area contributed by atoms with Crippen LogP contribution in [0.3, 0.4) is 0 Å². The zero-order chi connectivity index (χ0) is 19.8. The average molecular weight is 384 g/mol. The molecule has 1 unspecified atom stereocenters. The maximum absolute atomic E-state index is 12.7. The van der Waals surface area contributed by atoms with Gasteiger partial charge in [-0.15, -0.1) is 0 Å². The van der Waals surface area contributed by atoms with Gasteiger partial charge in [0.05, 0.1) is 18.4 Å². The quantitative estimate of drug-likeness (QED) is 0.586. The predicted molar refractivity (Wildman–Crippen MR) is 111 cm³/mol. The van der Waals surface area contributed by atoms with Crippen LogP contribution in [-0.2, 0) is 13.5 Å². The van der Waals surface area contributed by atoms with Crippen LogP contribution in [0.1, 0.15) is 16.1 Å². The summed E-state index contributed by atoms with van der Waals surface area (Å²) in [6, 6.07) is 15.9. The predicted octanol–water partition coefficient (Wildman–Crippen LogP) is 3.37. The van der Waals surface area contributed by atoms with Crippen LogP contribution < -0.4 is 10.1 Å². The van der Waals surface area contributed by atoms with E-state index in [1.165, 1.54) is 0 Å². The number of para-hydroxylation sites is 1. The van der Waals surface area contributed by atoms with Crippen molar-refractivity contribution in [2.75, 3.05) is 6.54 Å². The lowest BCUT2D eigenvalue weighted by Gasteiger charge is -2.12. The van der Waals surface area contributed by atoms with E-state index < -0.39 is 0 Å². The second-order valence-electron chi connectivity index (χ2n) is 7.21. The summed E-state index contributed by atoms with van der Waals surface area (Å²) in [6.45, 7) is 0.454. The second kappa shape index (κ2) is 7.05. The van der Waals surface area contributed by atoms with Gasteiger partial charge >= 0.3 is 0 Å². The molecule has 6 heteroatoms. The Kier molecular flexibility index (Phi) is 4.24. The van der Waals surface area contributed by atoms with E-state index in [2.05, 4.69) is 21.4 Å². The molecule has 0 bridgehead atoms. The summed E-state index contributed by atoms with van der Waals surface area (Å²) in [7, 11) is 1.91. The Morgan fingerprint density at radius 2 is 2.10 bits per heavy atom. The lowest BCUT2D eigenvalue weighted by molar-refractivity contribution is 0.0926. The van der Waals surface area contributed by atoms with Crippen molar-refractivity contribution >= 4 is 16.8 Å².